The molecule has 0 saturated heterocycles. The van der Waals surface area contributed by atoms with Gasteiger partial charge in [0.25, 0.3) is 10.0 Å². The zero-order valence-corrected chi connectivity index (χ0v) is 10.0. The Morgan fingerprint density at radius 1 is 1.20 bits per heavy atom. The Morgan fingerprint density at radius 3 is 2.27 bits per heavy atom. The Hall–Kier alpha value is -0.890. The lowest BCUT2D eigenvalue weighted by atomic mass is 10.7. The summed E-state index contributed by atoms with van der Waals surface area (Å²) in [6.45, 7) is 2.95. The van der Waals surface area contributed by atoms with Gasteiger partial charge in [-0.05, 0) is 6.92 Å². The van der Waals surface area contributed by atoms with Crippen LogP contribution in [-0.2, 0) is 19.9 Å². The fourth-order valence-electron chi connectivity index (χ4n) is 0.901. The summed E-state index contributed by atoms with van der Waals surface area (Å²) in [6, 6.07) is 0. The standard InChI is InChI=1S/C7H12N2O4S2/c1-3-14(10,11)7-5-8-9(6-7)15(12,13)4-2/h5-6H,3-4H2,1-2H3. The van der Waals surface area contributed by atoms with E-state index >= 15 is 0 Å². The summed E-state index contributed by atoms with van der Waals surface area (Å²) in [6.07, 6.45) is 2.07. The monoisotopic (exact) mass is 252 g/mol. The van der Waals surface area contributed by atoms with Gasteiger partial charge in [0.05, 0.1) is 23.9 Å². The van der Waals surface area contributed by atoms with Gasteiger partial charge in [0.1, 0.15) is 4.90 Å². The minimum atomic E-state index is -3.50. The van der Waals surface area contributed by atoms with Crippen molar-refractivity contribution in [2.45, 2.75) is 18.7 Å². The highest BCUT2D eigenvalue weighted by Gasteiger charge is 2.18. The molecule has 0 saturated carbocycles. The Morgan fingerprint density at radius 2 is 1.80 bits per heavy atom. The van der Waals surface area contributed by atoms with Crippen molar-refractivity contribution >= 4 is 19.9 Å². The van der Waals surface area contributed by atoms with Gasteiger partial charge in [-0.15, -0.1) is 0 Å². The first kappa shape index (κ1) is 12.2. The summed E-state index contributed by atoms with van der Waals surface area (Å²) in [5, 5.41) is 3.52. The summed E-state index contributed by atoms with van der Waals surface area (Å²) in [5.74, 6) is -0.203. The predicted octanol–water partition coefficient (Wildman–Crippen LogP) is -0.125. The molecule has 1 heterocycles. The highest BCUT2D eigenvalue weighted by molar-refractivity contribution is 7.91. The average molecular weight is 252 g/mol. The predicted molar refractivity (Wildman–Crippen MR) is 54.8 cm³/mol. The second-order valence-corrected chi connectivity index (χ2v) is 7.25. The molecule has 0 aliphatic heterocycles. The van der Waals surface area contributed by atoms with Crippen molar-refractivity contribution in [1.29, 1.82) is 0 Å². The van der Waals surface area contributed by atoms with E-state index in [1.807, 2.05) is 0 Å². The molecular weight excluding hydrogens is 240 g/mol. The van der Waals surface area contributed by atoms with E-state index < -0.39 is 19.9 Å². The van der Waals surface area contributed by atoms with Crippen LogP contribution in [0.1, 0.15) is 13.8 Å². The largest absolute Gasteiger partial charge is 0.253 e. The maximum atomic E-state index is 11.4. The molecule has 0 aromatic carbocycles. The van der Waals surface area contributed by atoms with Crippen LogP contribution in [0.5, 0.6) is 0 Å². The van der Waals surface area contributed by atoms with Crippen molar-refractivity contribution < 1.29 is 16.8 Å². The number of hydrogen-bond donors (Lipinski definition) is 0. The summed E-state index contributed by atoms with van der Waals surface area (Å²) in [5.41, 5.74) is 0. The maximum absolute atomic E-state index is 11.4. The third-order valence-electron chi connectivity index (χ3n) is 1.93. The SMILES string of the molecule is CCS(=O)(=O)c1cnn(S(=O)(=O)CC)c1. The molecule has 0 radical (unpaired) electrons. The molecule has 0 amide bonds. The van der Waals surface area contributed by atoms with Crippen LogP contribution in [0.3, 0.4) is 0 Å². The normalized spacial score (nSPS) is 12.9. The van der Waals surface area contributed by atoms with Crippen LogP contribution >= 0.6 is 0 Å². The van der Waals surface area contributed by atoms with Crippen molar-refractivity contribution in [2.75, 3.05) is 11.5 Å². The summed E-state index contributed by atoms with van der Waals surface area (Å²) in [7, 11) is -6.90. The van der Waals surface area contributed by atoms with E-state index in [1.54, 1.807) is 0 Å². The van der Waals surface area contributed by atoms with Crippen LogP contribution in [0, 0.1) is 0 Å². The van der Waals surface area contributed by atoms with Crippen molar-refractivity contribution in [3.8, 4) is 0 Å². The second kappa shape index (κ2) is 3.93. The quantitative estimate of drug-likeness (QED) is 0.745. The Labute approximate surface area is 88.9 Å². The van der Waals surface area contributed by atoms with E-state index in [0.717, 1.165) is 12.4 Å². The Balaban J connectivity index is 3.23. The summed E-state index contributed by atoms with van der Waals surface area (Å²) < 4.78 is 46.1. The molecule has 0 unspecified atom stereocenters. The van der Waals surface area contributed by atoms with Gasteiger partial charge in [-0.2, -0.15) is 9.19 Å². The van der Waals surface area contributed by atoms with Gasteiger partial charge in [-0.3, -0.25) is 0 Å². The molecule has 1 rings (SSSR count). The van der Waals surface area contributed by atoms with Gasteiger partial charge in [0, 0.05) is 0 Å². The van der Waals surface area contributed by atoms with Gasteiger partial charge < -0.3 is 0 Å². The number of rotatable bonds is 4. The molecule has 0 aliphatic carbocycles. The van der Waals surface area contributed by atoms with E-state index in [4.69, 9.17) is 0 Å². The van der Waals surface area contributed by atoms with Crippen LogP contribution in [0.15, 0.2) is 17.3 Å². The first-order valence-corrected chi connectivity index (χ1v) is 7.60. The lowest BCUT2D eigenvalue weighted by Crippen LogP contribution is -2.15. The molecular formula is C7H12N2O4S2. The van der Waals surface area contributed by atoms with Crippen LogP contribution in [0.2, 0.25) is 0 Å². The maximum Gasteiger partial charge on any atom is 0.253 e. The van der Waals surface area contributed by atoms with E-state index in [-0.39, 0.29) is 16.4 Å². The van der Waals surface area contributed by atoms with Crippen molar-refractivity contribution in [3.63, 3.8) is 0 Å². The van der Waals surface area contributed by atoms with Gasteiger partial charge >= 0.3 is 0 Å². The van der Waals surface area contributed by atoms with Crippen LogP contribution < -0.4 is 0 Å². The van der Waals surface area contributed by atoms with E-state index in [0.29, 0.717) is 4.09 Å². The minimum absolute atomic E-state index is 0.0676. The molecule has 0 fully saturated rings. The first-order chi connectivity index (χ1) is 6.83. The van der Waals surface area contributed by atoms with Gasteiger partial charge in [-0.25, -0.2) is 16.8 Å². The van der Waals surface area contributed by atoms with E-state index in [1.165, 1.54) is 13.8 Å². The van der Waals surface area contributed by atoms with Crippen molar-refractivity contribution in [1.82, 2.24) is 9.19 Å². The van der Waals surface area contributed by atoms with E-state index in [2.05, 4.69) is 5.10 Å². The fourth-order valence-corrected chi connectivity index (χ4v) is 2.50. The highest BCUT2D eigenvalue weighted by atomic mass is 32.2. The molecule has 0 atom stereocenters. The van der Waals surface area contributed by atoms with Crippen LogP contribution in [0.4, 0.5) is 0 Å². The molecule has 0 aliphatic rings. The lowest BCUT2D eigenvalue weighted by molar-refractivity contribution is 0.581. The number of sulfone groups is 1. The van der Waals surface area contributed by atoms with Crippen molar-refractivity contribution in [2.24, 2.45) is 0 Å². The number of nitrogens with zero attached hydrogens (tertiary/aromatic N) is 2. The first-order valence-electron chi connectivity index (χ1n) is 4.34. The summed E-state index contributed by atoms with van der Waals surface area (Å²) >= 11 is 0. The topological polar surface area (TPSA) is 86.1 Å². The molecule has 1 aromatic heterocycles. The molecule has 0 spiro atoms. The number of hydrogen-bond acceptors (Lipinski definition) is 5. The van der Waals surface area contributed by atoms with Gasteiger partial charge in [0.15, 0.2) is 9.84 Å². The van der Waals surface area contributed by atoms with Crippen molar-refractivity contribution in [3.05, 3.63) is 12.4 Å². The van der Waals surface area contributed by atoms with Crippen LogP contribution in [-0.4, -0.2) is 37.5 Å². The Kier molecular flexibility index (Phi) is 3.19. The molecule has 0 N–H and O–H groups in total. The average Bonchev–Trinajstić information content (AvgIpc) is 2.67. The molecule has 15 heavy (non-hydrogen) atoms. The second-order valence-electron chi connectivity index (χ2n) is 2.85. The lowest BCUT2D eigenvalue weighted by Gasteiger charge is -1.98. The third-order valence-corrected chi connectivity index (χ3v) is 5.11. The molecule has 0 bridgehead atoms. The van der Waals surface area contributed by atoms with Gasteiger partial charge in [-0.1, -0.05) is 6.92 Å². The highest BCUT2D eigenvalue weighted by Crippen LogP contribution is 2.10. The molecule has 1 aromatic rings. The molecule has 8 heteroatoms. The number of aromatic nitrogens is 2. The molecule has 86 valence electrons. The zero-order chi connectivity index (χ0) is 11.7. The Bertz CT molecular complexity index is 493. The summed E-state index contributed by atoms with van der Waals surface area (Å²) in [4.78, 5) is -0.0676. The van der Waals surface area contributed by atoms with Crippen LogP contribution in [0.25, 0.3) is 0 Å². The smallest absolute Gasteiger partial charge is 0.224 e. The fraction of sp³-hybridized carbons (Fsp3) is 0.571. The third kappa shape index (κ3) is 2.37. The molecule has 6 nitrogen and oxygen atoms in total. The zero-order valence-electron chi connectivity index (χ0n) is 8.41. The van der Waals surface area contributed by atoms with E-state index in [9.17, 15) is 16.8 Å². The minimum Gasteiger partial charge on any atom is -0.224 e. The van der Waals surface area contributed by atoms with Gasteiger partial charge in [0.2, 0.25) is 0 Å².